The second kappa shape index (κ2) is 51.7. The summed E-state index contributed by atoms with van der Waals surface area (Å²) in [7, 11) is 0. The van der Waals surface area contributed by atoms with Gasteiger partial charge in [-0.2, -0.15) is 0 Å². The van der Waals surface area contributed by atoms with E-state index in [2.05, 4.69) is 19.2 Å². The second-order valence-corrected chi connectivity index (χ2v) is 22.2. The van der Waals surface area contributed by atoms with E-state index in [0.717, 1.165) is 38.5 Å². The molecule has 9 nitrogen and oxygen atoms in total. The highest BCUT2D eigenvalue weighted by molar-refractivity contribution is 5.76. The van der Waals surface area contributed by atoms with Gasteiger partial charge in [0.25, 0.3) is 0 Å². The van der Waals surface area contributed by atoms with E-state index in [1.165, 1.54) is 263 Å². The summed E-state index contributed by atoms with van der Waals surface area (Å²) in [6, 6.07) is -0.710. The molecule has 6 N–H and O–H groups in total. The highest BCUT2D eigenvalue weighted by atomic mass is 16.7. The summed E-state index contributed by atoms with van der Waals surface area (Å²) in [5.74, 6) is -0.142. The first kappa shape index (κ1) is 67.2. The zero-order chi connectivity index (χ0) is 50.8. The fraction of sp³-hybridized carbons (Fsp3) is 0.984. The molecule has 0 aromatic rings. The van der Waals surface area contributed by atoms with Crippen LogP contribution in [0, 0.1) is 0 Å². The number of carbonyl (C=O) groups excluding carboxylic acids is 1. The number of hydrogen-bond acceptors (Lipinski definition) is 8. The Bertz CT molecular complexity index is 1060. The number of amides is 1. The molecule has 0 aromatic carbocycles. The molecule has 0 aromatic heterocycles. The number of carbonyl (C=O) groups is 1. The van der Waals surface area contributed by atoms with Gasteiger partial charge in [-0.1, -0.05) is 309 Å². The topological polar surface area (TPSA) is 149 Å². The smallest absolute Gasteiger partial charge is 0.220 e. The highest BCUT2D eigenvalue weighted by Gasteiger charge is 2.44. The fourth-order valence-electron chi connectivity index (χ4n) is 10.5. The second-order valence-electron chi connectivity index (χ2n) is 22.2. The van der Waals surface area contributed by atoms with Gasteiger partial charge in [0.2, 0.25) is 5.91 Å². The van der Waals surface area contributed by atoms with E-state index in [9.17, 15) is 30.3 Å². The standard InChI is InChI=1S/C61H121NO8/c1-3-5-7-9-11-12-13-14-15-16-17-18-19-20-21-22-23-24-25-26-27-28-29-30-31-32-33-34-35-36-37-38-39-40-41-42-43-44-45-47-49-51-57(65)62-54(55(64)50-48-46-10-8-6-4-2)53-69-61-60(68)59(67)58(66)56(52-63)70-61/h54-56,58-61,63-64,66-68H,3-53H2,1-2H3,(H,62,65). The number of hydrogen-bond donors (Lipinski definition) is 6. The first-order valence-electron chi connectivity index (χ1n) is 31.2. The van der Waals surface area contributed by atoms with Crippen LogP contribution in [0.1, 0.15) is 328 Å². The molecule has 7 atom stereocenters. The first-order valence-corrected chi connectivity index (χ1v) is 31.2. The van der Waals surface area contributed by atoms with Gasteiger partial charge in [-0.05, 0) is 12.8 Å². The third-order valence-corrected chi connectivity index (χ3v) is 15.5. The quantitative estimate of drug-likeness (QED) is 0.0330. The van der Waals surface area contributed by atoms with E-state index in [-0.39, 0.29) is 12.5 Å². The monoisotopic (exact) mass is 996 g/mol. The average Bonchev–Trinajstić information content (AvgIpc) is 3.36. The molecule has 7 unspecified atom stereocenters. The maximum atomic E-state index is 12.9. The lowest BCUT2D eigenvalue weighted by Crippen LogP contribution is -2.60. The van der Waals surface area contributed by atoms with Crippen LogP contribution in [-0.2, 0) is 14.3 Å². The molecule has 1 aliphatic rings. The van der Waals surface area contributed by atoms with Crippen LogP contribution in [-0.4, -0.2) is 87.5 Å². The molecular weight excluding hydrogens is 875 g/mol. The zero-order valence-corrected chi connectivity index (χ0v) is 46.6. The summed E-state index contributed by atoms with van der Waals surface area (Å²) in [5.41, 5.74) is 0. The zero-order valence-electron chi connectivity index (χ0n) is 46.6. The predicted octanol–water partition coefficient (Wildman–Crippen LogP) is 15.8. The minimum Gasteiger partial charge on any atom is -0.394 e. The highest BCUT2D eigenvalue weighted by Crippen LogP contribution is 2.24. The first-order chi connectivity index (χ1) is 34.3. The van der Waals surface area contributed by atoms with E-state index in [4.69, 9.17) is 9.47 Å². The Balaban J connectivity index is 1.89. The molecule has 0 saturated carbocycles. The average molecular weight is 997 g/mol. The van der Waals surface area contributed by atoms with Crippen LogP contribution in [0.2, 0.25) is 0 Å². The molecule has 1 fully saturated rings. The van der Waals surface area contributed by atoms with Crippen molar-refractivity contribution in [2.75, 3.05) is 13.2 Å². The van der Waals surface area contributed by atoms with Crippen molar-refractivity contribution in [3.63, 3.8) is 0 Å². The summed E-state index contributed by atoms with van der Waals surface area (Å²) in [4.78, 5) is 12.9. The van der Waals surface area contributed by atoms with E-state index in [1.807, 2.05) is 0 Å². The van der Waals surface area contributed by atoms with Gasteiger partial charge in [-0.15, -0.1) is 0 Å². The molecule has 1 heterocycles. The molecule has 70 heavy (non-hydrogen) atoms. The van der Waals surface area contributed by atoms with Gasteiger partial charge in [-0.25, -0.2) is 0 Å². The molecule has 0 aliphatic carbocycles. The number of nitrogens with one attached hydrogen (secondary N) is 1. The molecule has 0 bridgehead atoms. The molecule has 1 aliphatic heterocycles. The Morgan fingerprint density at radius 1 is 0.429 bits per heavy atom. The Labute approximate surface area is 434 Å². The van der Waals surface area contributed by atoms with E-state index >= 15 is 0 Å². The van der Waals surface area contributed by atoms with Crippen molar-refractivity contribution in [1.82, 2.24) is 5.32 Å². The van der Waals surface area contributed by atoms with E-state index in [1.54, 1.807) is 0 Å². The number of ether oxygens (including phenoxy) is 2. The largest absolute Gasteiger partial charge is 0.394 e. The maximum absolute atomic E-state index is 12.9. The summed E-state index contributed by atoms with van der Waals surface area (Å²) in [5, 5.41) is 54.1. The SMILES string of the molecule is CCCCCCCCCCCCCCCCCCCCCCCCCCCCCCCCCCCCCCCCCCCC(=O)NC(COC1OC(CO)C(O)C(O)C1O)C(O)CCCCCCCC. The van der Waals surface area contributed by atoms with Crippen molar-refractivity contribution in [3.05, 3.63) is 0 Å². The van der Waals surface area contributed by atoms with Crippen molar-refractivity contribution in [2.45, 2.75) is 371 Å². The summed E-state index contributed by atoms with van der Waals surface area (Å²) in [6.45, 7) is 3.80. The number of rotatable bonds is 55. The van der Waals surface area contributed by atoms with Crippen molar-refractivity contribution in [3.8, 4) is 0 Å². The van der Waals surface area contributed by atoms with Crippen LogP contribution in [0.3, 0.4) is 0 Å². The summed E-state index contributed by atoms with van der Waals surface area (Å²) < 4.78 is 11.2. The molecular formula is C61H121NO8. The van der Waals surface area contributed by atoms with Crippen LogP contribution in [0.15, 0.2) is 0 Å². The van der Waals surface area contributed by atoms with Crippen molar-refractivity contribution < 1.29 is 39.8 Å². The lowest BCUT2D eigenvalue weighted by atomic mass is 9.99. The Morgan fingerprint density at radius 3 is 1.01 bits per heavy atom. The molecule has 1 amide bonds. The number of aliphatic hydroxyl groups excluding tert-OH is 5. The predicted molar refractivity (Wildman–Crippen MR) is 295 cm³/mol. The van der Waals surface area contributed by atoms with Gasteiger partial charge in [-0.3, -0.25) is 4.79 Å². The van der Waals surface area contributed by atoms with Gasteiger partial charge in [0.05, 0.1) is 25.4 Å². The molecule has 0 radical (unpaired) electrons. The lowest BCUT2D eigenvalue weighted by Gasteiger charge is -2.40. The van der Waals surface area contributed by atoms with Gasteiger partial charge in [0.15, 0.2) is 6.29 Å². The third kappa shape index (κ3) is 40.6. The van der Waals surface area contributed by atoms with Gasteiger partial charge < -0.3 is 40.3 Å². The molecule has 0 spiro atoms. The Hall–Kier alpha value is -0.810. The maximum Gasteiger partial charge on any atom is 0.220 e. The number of aliphatic hydroxyl groups is 5. The van der Waals surface area contributed by atoms with E-state index < -0.39 is 49.5 Å². The normalized spacial score (nSPS) is 19.2. The number of unbranched alkanes of at least 4 members (excludes halogenated alkanes) is 45. The van der Waals surface area contributed by atoms with Crippen LogP contribution in [0.5, 0.6) is 0 Å². The van der Waals surface area contributed by atoms with Crippen LogP contribution in [0.25, 0.3) is 0 Å². The fourth-order valence-corrected chi connectivity index (χ4v) is 10.5. The molecule has 418 valence electrons. The summed E-state index contributed by atoms with van der Waals surface area (Å²) >= 11 is 0. The van der Waals surface area contributed by atoms with E-state index in [0.29, 0.717) is 12.8 Å². The summed E-state index contributed by atoms with van der Waals surface area (Å²) in [6.07, 6.45) is 56.7. The Morgan fingerprint density at radius 2 is 0.714 bits per heavy atom. The van der Waals surface area contributed by atoms with Gasteiger partial charge >= 0.3 is 0 Å². The van der Waals surface area contributed by atoms with Crippen molar-refractivity contribution in [2.24, 2.45) is 0 Å². The lowest BCUT2D eigenvalue weighted by molar-refractivity contribution is -0.302. The van der Waals surface area contributed by atoms with Gasteiger partial charge in [0, 0.05) is 6.42 Å². The van der Waals surface area contributed by atoms with Crippen molar-refractivity contribution >= 4 is 5.91 Å². The molecule has 1 saturated heterocycles. The van der Waals surface area contributed by atoms with Crippen molar-refractivity contribution in [1.29, 1.82) is 0 Å². The third-order valence-electron chi connectivity index (χ3n) is 15.5. The Kier molecular flexibility index (Phi) is 49.6. The molecule has 1 rings (SSSR count). The minimum absolute atomic E-state index is 0.134. The van der Waals surface area contributed by atoms with Gasteiger partial charge in [0.1, 0.15) is 24.4 Å². The molecule has 9 heteroatoms. The van der Waals surface area contributed by atoms with Crippen LogP contribution >= 0.6 is 0 Å². The van der Waals surface area contributed by atoms with Crippen LogP contribution in [0.4, 0.5) is 0 Å². The minimum atomic E-state index is -1.55. The van der Waals surface area contributed by atoms with Crippen LogP contribution < -0.4 is 5.32 Å².